The van der Waals surface area contributed by atoms with E-state index in [9.17, 15) is 0 Å². The van der Waals surface area contributed by atoms with E-state index in [0.717, 1.165) is 11.5 Å². The Morgan fingerprint density at radius 1 is 0.273 bits per heavy atom. The molecule has 354 valence electrons. The highest BCUT2D eigenvalue weighted by molar-refractivity contribution is 7.09. The highest BCUT2D eigenvalue weighted by Gasteiger charge is 2.58. The van der Waals surface area contributed by atoms with Gasteiger partial charge >= 0.3 is 0 Å². The fourth-order valence-electron chi connectivity index (χ4n) is 15.6. The Labute approximate surface area is 450 Å². The van der Waals surface area contributed by atoms with E-state index in [2.05, 4.69) is 254 Å². The fourth-order valence-corrected chi connectivity index (χ4v) is 15.6. The molecule has 0 aromatic heterocycles. The Balaban J connectivity index is 1.02. The second-order valence-corrected chi connectivity index (χ2v) is 22.4. The van der Waals surface area contributed by atoms with Gasteiger partial charge < -0.3 is 19.4 Å². The van der Waals surface area contributed by atoms with E-state index >= 15 is 0 Å². The molecule has 18 rings (SSSR count). The van der Waals surface area contributed by atoms with E-state index in [0.29, 0.717) is 0 Å². The van der Waals surface area contributed by atoms with Crippen molar-refractivity contribution in [3.05, 3.63) is 235 Å². The number of para-hydroxylation sites is 4. The van der Waals surface area contributed by atoms with Crippen molar-refractivity contribution >= 4 is 144 Å². The number of benzene rings is 11. The van der Waals surface area contributed by atoms with Gasteiger partial charge in [0, 0.05) is 57.3 Å². The molecule has 0 atom stereocenters. The minimum atomic E-state index is -0.111. The summed E-state index contributed by atoms with van der Waals surface area (Å²) >= 11 is 0. The molecule has 0 bridgehead atoms. The van der Waals surface area contributed by atoms with Gasteiger partial charge in [0.2, 0.25) is 0 Å². The lowest BCUT2D eigenvalue weighted by molar-refractivity contribution is 0.488. The van der Waals surface area contributed by atoms with Crippen molar-refractivity contribution in [1.82, 2.24) is 0 Å². The summed E-state index contributed by atoms with van der Waals surface area (Å²) in [7, 11) is 0. The summed E-state index contributed by atoms with van der Waals surface area (Å²) in [4.78, 5) is 8.07. The molecule has 0 amide bonds. The van der Waals surface area contributed by atoms with Crippen LogP contribution in [0.1, 0.15) is 16.7 Å². The van der Waals surface area contributed by atoms with Crippen LogP contribution < -0.4 is 85.0 Å². The van der Waals surface area contributed by atoms with Gasteiger partial charge in [0.05, 0.1) is 0 Å². The lowest BCUT2D eigenvalue weighted by Gasteiger charge is -2.55. The van der Waals surface area contributed by atoms with Gasteiger partial charge in [-0.25, -0.2) is 0 Å². The minimum Gasteiger partial charge on any atom is -0.458 e. The van der Waals surface area contributed by atoms with Gasteiger partial charge in [0.25, 0.3) is 26.9 Å². The van der Waals surface area contributed by atoms with Gasteiger partial charge in [-0.1, -0.05) is 198 Å². The molecule has 77 heavy (non-hydrogen) atoms. The smallest absolute Gasteiger partial charge is 0.252 e. The summed E-state index contributed by atoms with van der Waals surface area (Å²) < 4.78 is 7.27. The molecule has 0 saturated heterocycles. The molecule has 0 radical (unpaired) electrons. The Kier molecular flexibility index (Phi) is 8.24. The van der Waals surface area contributed by atoms with E-state index in [4.69, 9.17) is 4.74 Å². The second kappa shape index (κ2) is 15.0. The molecule has 0 N–H and O–H groups in total. The summed E-state index contributed by atoms with van der Waals surface area (Å²) in [5.41, 5.74) is 36.0. The number of fused-ring (bicyclic) bond motifs is 20. The topological polar surface area (TPSA) is 19.0 Å². The van der Waals surface area contributed by atoms with Crippen LogP contribution in [-0.2, 0) is 0 Å². The SMILES string of the molecule is Cc1cc(C)c(B2c3ccccc3Oc3cc4c(cc32)B2c3ccc(-c5ccccc5)cc3N3c5cc(-c6ccccc6)ccc5B5c6ccccc6N6c7ccccc7B7c8ccccc8N4c4c7c6c5c3c42)c(C)c1. The standard InChI is InChI=1S/C69H45B4N3O/c1-40-34-41(2)63(42(3)35-40)73-52-25-13-17-29-61(52)77-62-39-60-53(38-54(62)73)72-51-33-31-46(44-20-8-5-9-21-44)37-59(51)76-58-36-45(43-18-6-4-7-19-43)30-32-50(58)71-48-23-11-15-27-56(48)74-55-26-14-10-22-47(55)70-49-24-12-16-28-57(49)75(60)68-64(70)67(74)65(71)69(76)66(68)72/h4-39H,1-3H3. The summed E-state index contributed by atoms with van der Waals surface area (Å²) in [6.07, 6.45) is 0. The monoisotopic (exact) mass is 975 g/mol. The maximum absolute atomic E-state index is 7.27. The van der Waals surface area contributed by atoms with Crippen molar-refractivity contribution in [1.29, 1.82) is 0 Å². The molecule has 0 saturated carbocycles. The van der Waals surface area contributed by atoms with E-state index in [1.807, 2.05) is 0 Å². The number of ether oxygens (including phenoxy) is 1. The average molecular weight is 975 g/mol. The molecule has 0 fully saturated rings. The summed E-state index contributed by atoms with van der Waals surface area (Å²) in [6.45, 7) is 6.67. The van der Waals surface area contributed by atoms with Crippen LogP contribution in [0.25, 0.3) is 22.3 Å². The zero-order valence-electron chi connectivity index (χ0n) is 42.8. The second-order valence-electron chi connectivity index (χ2n) is 22.4. The van der Waals surface area contributed by atoms with E-state index < -0.39 is 0 Å². The van der Waals surface area contributed by atoms with Crippen LogP contribution >= 0.6 is 0 Å². The molecular formula is C69H45B4N3O. The van der Waals surface area contributed by atoms with Crippen LogP contribution in [0.15, 0.2) is 218 Å². The summed E-state index contributed by atoms with van der Waals surface area (Å²) in [5.74, 6) is 1.84. The number of anilines is 9. The normalized spacial score (nSPS) is 14.4. The van der Waals surface area contributed by atoms with Crippen molar-refractivity contribution in [3.8, 4) is 33.8 Å². The first kappa shape index (κ1) is 42.1. The van der Waals surface area contributed by atoms with Crippen LogP contribution in [0.2, 0.25) is 0 Å². The summed E-state index contributed by atoms with van der Waals surface area (Å²) in [6, 6.07) is 83.0. The Hall–Kier alpha value is -9.12. The highest BCUT2D eigenvalue weighted by Crippen LogP contribution is 2.52. The third kappa shape index (κ3) is 5.37. The average Bonchev–Trinajstić information content (AvgIpc) is 3.16. The Morgan fingerprint density at radius 3 is 1.18 bits per heavy atom. The fraction of sp³-hybridized carbons (Fsp3) is 0.0435. The van der Waals surface area contributed by atoms with Gasteiger partial charge in [-0.2, -0.15) is 0 Å². The van der Waals surface area contributed by atoms with Crippen LogP contribution in [0.3, 0.4) is 0 Å². The van der Waals surface area contributed by atoms with Crippen molar-refractivity contribution in [2.75, 3.05) is 14.7 Å². The van der Waals surface area contributed by atoms with Crippen molar-refractivity contribution in [2.45, 2.75) is 20.8 Å². The lowest BCUT2D eigenvalue weighted by Crippen LogP contribution is -2.75. The van der Waals surface area contributed by atoms with Gasteiger partial charge in [-0.05, 0) is 140 Å². The first-order valence-corrected chi connectivity index (χ1v) is 27.3. The molecule has 4 nitrogen and oxygen atoms in total. The highest BCUT2D eigenvalue weighted by atomic mass is 16.5. The van der Waals surface area contributed by atoms with E-state index in [-0.39, 0.29) is 26.9 Å². The van der Waals surface area contributed by atoms with Crippen LogP contribution in [-0.4, -0.2) is 26.9 Å². The summed E-state index contributed by atoms with van der Waals surface area (Å²) in [5, 5.41) is 0. The molecule has 7 aliphatic heterocycles. The first-order chi connectivity index (χ1) is 38.0. The first-order valence-electron chi connectivity index (χ1n) is 27.3. The van der Waals surface area contributed by atoms with Crippen molar-refractivity contribution < 1.29 is 4.74 Å². The maximum Gasteiger partial charge on any atom is 0.252 e. The molecule has 8 heteroatoms. The van der Waals surface area contributed by atoms with Crippen molar-refractivity contribution in [3.63, 3.8) is 0 Å². The molecule has 0 spiro atoms. The Morgan fingerprint density at radius 2 is 0.662 bits per heavy atom. The zero-order valence-corrected chi connectivity index (χ0v) is 42.8. The molecule has 0 unspecified atom stereocenters. The quantitative estimate of drug-likeness (QED) is 0.166. The van der Waals surface area contributed by atoms with Gasteiger partial charge in [0.15, 0.2) is 0 Å². The maximum atomic E-state index is 7.27. The number of hydrogen-bond acceptors (Lipinski definition) is 4. The molecule has 11 aromatic carbocycles. The van der Waals surface area contributed by atoms with Gasteiger partial charge in [-0.15, -0.1) is 0 Å². The molecule has 7 heterocycles. The number of aryl methyl sites for hydroxylation is 3. The lowest BCUT2D eigenvalue weighted by atomic mass is 9.24. The van der Waals surface area contributed by atoms with E-state index in [1.165, 1.54) is 156 Å². The predicted octanol–water partition coefficient (Wildman–Crippen LogP) is 8.41. The largest absolute Gasteiger partial charge is 0.458 e. The van der Waals surface area contributed by atoms with Gasteiger partial charge in [-0.3, -0.25) is 0 Å². The third-order valence-electron chi connectivity index (χ3n) is 18.4. The van der Waals surface area contributed by atoms with Crippen LogP contribution in [0.4, 0.5) is 51.2 Å². The minimum absolute atomic E-state index is 0.00402. The number of rotatable bonds is 3. The Bertz CT molecular complexity index is 4460. The molecule has 7 aliphatic rings. The molecular weight excluding hydrogens is 930 g/mol. The molecule has 11 aromatic rings. The van der Waals surface area contributed by atoms with E-state index in [1.54, 1.807) is 0 Å². The van der Waals surface area contributed by atoms with Crippen LogP contribution in [0, 0.1) is 20.8 Å². The van der Waals surface area contributed by atoms with Crippen LogP contribution in [0.5, 0.6) is 11.5 Å². The number of hydrogen-bond donors (Lipinski definition) is 0. The number of nitrogens with zero attached hydrogens (tertiary/aromatic N) is 3. The van der Waals surface area contributed by atoms with Gasteiger partial charge in [0.1, 0.15) is 11.5 Å². The third-order valence-corrected chi connectivity index (χ3v) is 18.4. The van der Waals surface area contributed by atoms with Crippen molar-refractivity contribution in [2.24, 2.45) is 0 Å². The molecule has 0 aliphatic carbocycles. The zero-order chi connectivity index (χ0) is 50.5. The predicted molar refractivity (Wildman–Crippen MR) is 327 cm³/mol.